The number of benzene rings is 1. The average molecular weight is 399 g/mol. The van der Waals surface area contributed by atoms with Crippen LogP contribution in [0.2, 0.25) is 23.2 Å². The first-order valence-electron chi connectivity index (χ1n) is 9.26. The third kappa shape index (κ3) is 5.24. The van der Waals surface area contributed by atoms with Gasteiger partial charge >= 0.3 is 5.97 Å². The van der Waals surface area contributed by atoms with Gasteiger partial charge in [0, 0.05) is 11.1 Å². The highest BCUT2D eigenvalue weighted by Crippen LogP contribution is 2.39. The Hall–Kier alpha value is -1.04. The molecule has 0 unspecified atom stereocenters. The van der Waals surface area contributed by atoms with Gasteiger partial charge in [0.05, 0.1) is 13.2 Å². The predicted octanol–water partition coefficient (Wildman–Crippen LogP) is 5.84. The Labute approximate surface area is 163 Å². The van der Waals surface area contributed by atoms with Crippen molar-refractivity contribution in [1.82, 2.24) is 0 Å². The van der Waals surface area contributed by atoms with Crippen molar-refractivity contribution in [2.24, 2.45) is 0 Å². The maximum Gasteiger partial charge on any atom is 0.341 e. The lowest BCUT2D eigenvalue weighted by atomic mass is 9.95. The number of methoxy groups -OCH3 is 1. The minimum absolute atomic E-state index is 0.0823. The van der Waals surface area contributed by atoms with E-state index in [1.807, 2.05) is 0 Å². The topological polar surface area (TPSA) is 44.8 Å². The Kier molecular flexibility index (Phi) is 6.80. The second kappa shape index (κ2) is 8.32. The lowest BCUT2D eigenvalue weighted by Gasteiger charge is -2.41. The van der Waals surface area contributed by atoms with Gasteiger partial charge in [0.2, 0.25) is 0 Å². The summed E-state index contributed by atoms with van der Waals surface area (Å²) in [6, 6.07) is 5.07. The minimum Gasteiger partial charge on any atom is -0.490 e. The van der Waals surface area contributed by atoms with E-state index in [0.717, 1.165) is 25.7 Å². The molecule has 0 N–H and O–H groups in total. The number of esters is 1. The molecule has 0 atom stereocenters. The zero-order valence-electron chi connectivity index (χ0n) is 16.7. The Bertz CT molecular complexity index is 631. The van der Waals surface area contributed by atoms with Gasteiger partial charge in [-0.25, -0.2) is 4.79 Å². The van der Waals surface area contributed by atoms with Crippen molar-refractivity contribution >= 4 is 25.9 Å². The largest absolute Gasteiger partial charge is 0.490 e. The Balaban J connectivity index is 1.97. The molecule has 0 aromatic heterocycles. The molecular weight excluding hydrogens is 368 g/mol. The van der Waals surface area contributed by atoms with Gasteiger partial charge in [-0.2, -0.15) is 0 Å². The van der Waals surface area contributed by atoms with E-state index >= 15 is 0 Å². The molecule has 1 aliphatic rings. The summed E-state index contributed by atoms with van der Waals surface area (Å²) in [5, 5.41) is 0.711. The van der Waals surface area contributed by atoms with E-state index in [-0.39, 0.29) is 11.1 Å². The van der Waals surface area contributed by atoms with Gasteiger partial charge in [0.15, 0.2) is 8.32 Å². The molecule has 4 nitrogen and oxygen atoms in total. The molecule has 0 amide bonds. The molecule has 146 valence electrons. The third-order valence-electron chi connectivity index (χ3n) is 5.53. The predicted molar refractivity (Wildman–Crippen MR) is 108 cm³/mol. The summed E-state index contributed by atoms with van der Waals surface area (Å²) >= 11 is 6.00. The van der Waals surface area contributed by atoms with Gasteiger partial charge in [-0.05, 0) is 62.0 Å². The van der Waals surface area contributed by atoms with Crippen LogP contribution in [0.25, 0.3) is 0 Å². The van der Waals surface area contributed by atoms with Crippen molar-refractivity contribution in [1.29, 1.82) is 0 Å². The van der Waals surface area contributed by atoms with Crippen molar-refractivity contribution < 1.29 is 18.7 Å². The van der Waals surface area contributed by atoms with Crippen molar-refractivity contribution in [2.75, 3.05) is 7.11 Å². The summed E-state index contributed by atoms with van der Waals surface area (Å²) in [6.07, 6.45) is 4.20. The molecular formula is C20H31ClO4Si. The number of hydrogen-bond donors (Lipinski definition) is 0. The molecule has 0 aliphatic heterocycles. The van der Waals surface area contributed by atoms with Crippen LogP contribution in [0.5, 0.6) is 5.75 Å². The standard InChI is InChI=1S/C20H31ClO4Si/c1-20(2,3)26(5,6)25-16-10-8-15(9-11-16)24-18-12-7-14(21)13-17(18)19(22)23-4/h7,12-13,15-16H,8-11H2,1-6H3/t15-,16+. The molecule has 1 aromatic rings. The van der Waals surface area contributed by atoms with Crippen LogP contribution >= 0.6 is 11.6 Å². The molecule has 26 heavy (non-hydrogen) atoms. The number of hydrogen-bond acceptors (Lipinski definition) is 4. The van der Waals surface area contributed by atoms with Crippen molar-refractivity contribution in [3.05, 3.63) is 28.8 Å². The fourth-order valence-corrected chi connectivity index (χ4v) is 4.51. The fraction of sp³-hybridized carbons (Fsp3) is 0.650. The van der Waals surface area contributed by atoms with Crippen LogP contribution in [0.4, 0.5) is 0 Å². The number of carbonyl (C=O) groups is 1. The smallest absolute Gasteiger partial charge is 0.341 e. The van der Waals surface area contributed by atoms with Crippen LogP contribution < -0.4 is 4.74 Å². The quantitative estimate of drug-likeness (QED) is 0.461. The monoisotopic (exact) mass is 398 g/mol. The summed E-state index contributed by atoms with van der Waals surface area (Å²) in [4.78, 5) is 12.0. The summed E-state index contributed by atoms with van der Waals surface area (Å²) in [6.45, 7) is 11.4. The van der Waals surface area contributed by atoms with Crippen molar-refractivity contribution in [3.8, 4) is 5.75 Å². The number of rotatable bonds is 5. The molecule has 0 heterocycles. The fourth-order valence-electron chi connectivity index (χ4n) is 2.92. The summed E-state index contributed by atoms with van der Waals surface area (Å²) in [5.41, 5.74) is 0.375. The van der Waals surface area contributed by atoms with E-state index < -0.39 is 14.3 Å². The van der Waals surface area contributed by atoms with Crippen LogP contribution in [0.3, 0.4) is 0 Å². The van der Waals surface area contributed by atoms with Crippen LogP contribution in [0.1, 0.15) is 56.8 Å². The van der Waals surface area contributed by atoms with E-state index in [1.54, 1.807) is 18.2 Å². The summed E-state index contributed by atoms with van der Waals surface area (Å²) in [5.74, 6) is 0.104. The van der Waals surface area contributed by atoms with Crippen molar-refractivity contribution in [3.63, 3.8) is 0 Å². The Morgan fingerprint density at radius 1 is 1.12 bits per heavy atom. The molecule has 0 spiro atoms. The SMILES string of the molecule is COC(=O)c1cc(Cl)ccc1O[C@H]1CC[C@@H](O[Si](C)(C)C(C)(C)C)CC1. The van der Waals surface area contributed by atoms with E-state index in [1.165, 1.54) is 7.11 Å². The first-order chi connectivity index (χ1) is 12.0. The third-order valence-corrected chi connectivity index (χ3v) is 10.3. The van der Waals surface area contributed by atoms with E-state index in [9.17, 15) is 4.79 Å². The molecule has 0 bridgehead atoms. The first-order valence-corrected chi connectivity index (χ1v) is 12.5. The average Bonchev–Trinajstić information content (AvgIpc) is 2.56. The molecule has 0 radical (unpaired) electrons. The van der Waals surface area contributed by atoms with Crippen molar-refractivity contribution in [2.45, 2.75) is 76.8 Å². The van der Waals surface area contributed by atoms with Gasteiger partial charge in [-0.15, -0.1) is 0 Å². The maximum atomic E-state index is 12.0. The van der Waals surface area contributed by atoms with Crippen LogP contribution in [0.15, 0.2) is 18.2 Å². The first kappa shape index (κ1) is 21.3. The molecule has 2 rings (SSSR count). The second-order valence-corrected chi connectivity index (χ2v) is 13.7. The Morgan fingerprint density at radius 3 is 2.23 bits per heavy atom. The van der Waals surface area contributed by atoms with E-state index in [4.69, 9.17) is 25.5 Å². The lowest BCUT2D eigenvalue weighted by Crippen LogP contribution is -2.45. The maximum absolute atomic E-state index is 12.0. The number of carbonyl (C=O) groups excluding carboxylic acids is 1. The molecule has 1 aromatic carbocycles. The molecule has 6 heteroatoms. The highest BCUT2D eigenvalue weighted by Gasteiger charge is 2.40. The van der Waals surface area contributed by atoms with Crippen LogP contribution in [-0.2, 0) is 9.16 Å². The van der Waals surface area contributed by atoms with E-state index in [0.29, 0.717) is 22.4 Å². The summed E-state index contributed by atoms with van der Waals surface area (Å²) in [7, 11) is -0.383. The van der Waals surface area contributed by atoms with Gasteiger partial charge in [0.1, 0.15) is 11.3 Å². The summed E-state index contributed by atoms with van der Waals surface area (Å²) < 4.78 is 17.5. The highest BCUT2D eigenvalue weighted by atomic mass is 35.5. The second-order valence-electron chi connectivity index (χ2n) is 8.53. The van der Waals surface area contributed by atoms with Crippen LogP contribution in [0, 0.1) is 0 Å². The lowest BCUT2D eigenvalue weighted by molar-refractivity contribution is 0.0568. The van der Waals surface area contributed by atoms with Gasteiger partial charge in [-0.3, -0.25) is 0 Å². The van der Waals surface area contributed by atoms with E-state index in [2.05, 4.69) is 33.9 Å². The van der Waals surface area contributed by atoms with Crippen LogP contribution in [-0.4, -0.2) is 33.6 Å². The van der Waals surface area contributed by atoms with Gasteiger partial charge in [-0.1, -0.05) is 32.4 Å². The number of ether oxygens (including phenoxy) is 2. The minimum atomic E-state index is -1.74. The molecule has 1 aliphatic carbocycles. The zero-order chi connectivity index (χ0) is 19.5. The van der Waals surface area contributed by atoms with Gasteiger partial charge < -0.3 is 13.9 Å². The number of halogens is 1. The highest BCUT2D eigenvalue weighted by molar-refractivity contribution is 6.74. The molecule has 1 saturated carbocycles. The molecule has 1 fully saturated rings. The normalized spacial score (nSPS) is 21.3. The Morgan fingerprint density at radius 2 is 1.69 bits per heavy atom. The molecule has 0 saturated heterocycles. The zero-order valence-corrected chi connectivity index (χ0v) is 18.5. The van der Waals surface area contributed by atoms with Gasteiger partial charge in [0.25, 0.3) is 0 Å².